The number of nitrogens with one attached hydrogen (secondary N) is 1. The highest BCUT2D eigenvalue weighted by atomic mass is 35.5. The van der Waals surface area contributed by atoms with Gasteiger partial charge in [-0.05, 0) is 60.2 Å². The number of fused-ring (bicyclic) bond motifs is 1. The van der Waals surface area contributed by atoms with Crippen LogP contribution >= 0.6 is 23.2 Å². The van der Waals surface area contributed by atoms with Gasteiger partial charge in [-0.3, -0.25) is 9.59 Å². The standard InChI is InChI=1S/C26H19Cl2F3N2O4/c1-36-17-7-5-16(6-8-17)32-25(35)23(34)22-19-12-18(37-2)9-10-21(19)33(24(22)26(29,30)31)13-14-3-4-15(27)11-20(14)28/h3-12H,13H2,1-2H3,(H,32,35). The van der Waals surface area contributed by atoms with Gasteiger partial charge in [0.1, 0.15) is 17.2 Å². The van der Waals surface area contributed by atoms with Gasteiger partial charge in [-0.15, -0.1) is 0 Å². The normalized spacial score (nSPS) is 11.4. The van der Waals surface area contributed by atoms with Crippen LogP contribution < -0.4 is 14.8 Å². The zero-order valence-corrected chi connectivity index (χ0v) is 21.0. The minimum atomic E-state index is -4.99. The van der Waals surface area contributed by atoms with Crippen molar-refractivity contribution < 1.29 is 32.2 Å². The number of nitrogens with zero attached hydrogens (tertiary/aromatic N) is 1. The third-order valence-electron chi connectivity index (χ3n) is 5.66. The average molecular weight is 551 g/mol. The summed E-state index contributed by atoms with van der Waals surface area (Å²) in [7, 11) is 2.80. The summed E-state index contributed by atoms with van der Waals surface area (Å²) in [6.45, 7) is -0.332. The molecular formula is C26H19Cl2F3N2O4. The largest absolute Gasteiger partial charge is 0.497 e. The average Bonchev–Trinajstić information content (AvgIpc) is 3.19. The Kier molecular flexibility index (Phi) is 7.38. The van der Waals surface area contributed by atoms with Gasteiger partial charge in [0.05, 0.1) is 19.8 Å². The number of rotatable bonds is 7. The summed E-state index contributed by atoms with van der Waals surface area (Å²) >= 11 is 12.2. The highest BCUT2D eigenvalue weighted by Gasteiger charge is 2.42. The number of carbonyl (C=O) groups is 2. The Labute approximate surface area is 219 Å². The van der Waals surface area contributed by atoms with E-state index in [9.17, 15) is 22.8 Å². The van der Waals surface area contributed by atoms with E-state index < -0.39 is 29.1 Å². The molecule has 1 heterocycles. The first-order valence-electron chi connectivity index (χ1n) is 10.7. The summed E-state index contributed by atoms with van der Waals surface area (Å²) < 4.78 is 54.7. The van der Waals surface area contributed by atoms with Crippen LogP contribution in [0.5, 0.6) is 11.5 Å². The molecule has 0 unspecified atom stereocenters. The molecule has 0 fully saturated rings. The summed E-state index contributed by atoms with van der Waals surface area (Å²) in [6.07, 6.45) is -4.99. The Hall–Kier alpha value is -3.69. The topological polar surface area (TPSA) is 69.6 Å². The van der Waals surface area contributed by atoms with Gasteiger partial charge >= 0.3 is 6.18 Å². The first-order valence-corrected chi connectivity index (χ1v) is 11.5. The summed E-state index contributed by atoms with van der Waals surface area (Å²) in [5.41, 5.74) is -1.46. The molecule has 6 nitrogen and oxygen atoms in total. The predicted molar refractivity (Wildman–Crippen MR) is 135 cm³/mol. The number of aromatic nitrogens is 1. The fourth-order valence-corrected chi connectivity index (χ4v) is 4.41. The second-order valence-corrected chi connectivity index (χ2v) is 8.78. The predicted octanol–water partition coefficient (Wildman–Crippen LogP) is 6.85. The monoisotopic (exact) mass is 550 g/mol. The van der Waals surface area contributed by atoms with Gasteiger partial charge in [0, 0.05) is 33.2 Å². The summed E-state index contributed by atoms with van der Waals surface area (Å²) in [4.78, 5) is 26.2. The first kappa shape index (κ1) is 26.4. The molecule has 192 valence electrons. The van der Waals surface area contributed by atoms with Gasteiger partial charge in [-0.25, -0.2) is 0 Å². The molecule has 4 rings (SSSR count). The quantitative estimate of drug-likeness (QED) is 0.202. The Morgan fingerprint density at radius 3 is 2.16 bits per heavy atom. The second-order valence-electron chi connectivity index (χ2n) is 7.94. The van der Waals surface area contributed by atoms with Crippen molar-refractivity contribution in [2.24, 2.45) is 0 Å². The lowest BCUT2D eigenvalue weighted by molar-refractivity contribution is -0.143. The van der Waals surface area contributed by atoms with Crippen LogP contribution in [-0.2, 0) is 17.5 Å². The van der Waals surface area contributed by atoms with Crippen molar-refractivity contribution in [1.29, 1.82) is 0 Å². The minimum absolute atomic E-state index is 0.0692. The molecule has 3 aromatic carbocycles. The third kappa shape index (κ3) is 5.38. The number of carbonyl (C=O) groups excluding carboxylic acids is 2. The molecule has 37 heavy (non-hydrogen) atoms. The number of methoxy groups -OCH3 is 2. The van der Waals surface area contributed by atoms with Crippen molar-refractivity contribution in [3.05, 3.63) is 87.5 Å². The molecule has 1 aromatic heterocycles. The van der Waals surface area contributed by atoms with E-state index in [1.165, 1.54) is 74.9 Å². The number of ether oxygens (including phenoxy) is 2. The van der Waals surface area contributed by atoms with Crippen molar-refractivity contribution in [3.63, 3.8) is 0 Å². The van der Waals surface area contributed by atoms with Crippen LogP contribution in [0.1, 0.15) is 21.6 Å². The maximum absolute atomic E-state index is 14.5. The first-order chi connectivity index (χ1) is 17.5. The number of hydrogen-bond donors (Lipinski definition) is 1. The van der Waals surface area contributed by atoms with Crippen molar-refractivity contribution in [3.8, 4) is 11.5 Å². The molecule has 4 aromatic rings. The number of alkyl halides is 3. The van der Waals surface area contributed by atoms with Crippen LogP contribution in [-0.4, -0.2) is 30.5 Å². The maximum Gasteiger partial charge on any atom is 0.432 e. The van der Waals surface area contributed by atoms with Crippen molar-refractivity contribution in [1.82, 2.24) is 4.57 Å². The Bertz CT molecular complexity index is 1500. The number of ketones is 1. The SMILES string of the molecule is COc1ccc(NC(=O)C(=O)c2c(C(F)(F)F)n(Cc3ccc(Cl)cc3Cl)c3ccc(OC)cc23)cc1. The fourth-order valence-electron chi connectivity index (χ4n) is 3.95. The van der Waals surface area contributed by atoms with Gasteiger partial charge in [0.15, 0.2) is 0 Å². The number of Topliss-reactive ketones (excluding diaryl/α,β-unsaturated/α-hetero) is 1. The number of halogens is 5. The second kappa shape index (κ2) is 10.4. The molecule has 0 aliphatic heterocycles. The van der Waals surface area contributed by atoms with Gasteiger partial charge in [0.25, 0.3) is 11.7 Å². The van der Waals surface area contributed by atoms with E-state index in [-0.39, 0.29) is 33.9 Å². The summed E-state index contributed by atoms with van der Waals surface area (Å²) in [5, 5.41) is 2.73. The van der Waals surface area contributed by atoms with E-state index >= 15 is 0 Å². The zero-order valence-electron chi connectivity index (χ0n) is 19.5. The van der Waals surface area contributed by atoms with Crippen LogP contribution in [0.15, 0.2) is 60.7 Å². The number of amides is 1. The highest BCUT2D eigenvalue weighted by molar-refractivity contribution is 6.48. The lowest BCUT2D eigenvalue weighted by Gasteiger charge is -2.16. The van der Waals surface area contributed by atoms with E-state index in [1.54, 1.807) is 0 Å². The van der Waals surface area contributed by atoms with Crippen LogP contribution in [0, 0.1) is 0 Å². The third-order valence-corrected chi connectivity index (χ3v) is 6.25. The number of anilines is 1. The molecule has 0 radical (unpaired) electrons. The zero-order chi connectivity index (χ0) is 26.9. The number of benzene rings is 3. The van der Waals surface area contributed by atoms with Crippen LogP contribution in [0.3, 0.4) is 0 Å². The van der Waals surface area contributed by atoms with E-state index in [4.69, 9.17) is 32.7 Å². The molecule has 0 aliphatic carbocycles. The molecule has 0 aliphatic rings. The molecule has 0 saturated heterocycles. The molecule has 1 amide bonds. The van der Waals surface area contributed by atoms with E-state index in [0.29, 0.717) is 16.3 Å². The van der Waals surface area contributed by atoms with Crippen molar-refractivity contribution in [2.75, 3.05) is 19.5 Å². The Balaban J connectivity index is 1.87. The molecule has 0 saturated carbocycles. The summed E-state index contributed by atoms with van der Waals surface area (Å²) in [5.74, 6) is -1.88. The van der Waals surface area contributed by atoms with Gasteiger partial charge in [-0.1, -0.05) is 29.3 Å². The lowest BCUT2D eigenvalue weighted by atomic mass is 10.0. The van der Waals surface area contributed by atoms with Crippen LogP contribution in [0.25, 0.3) is 10.9 Å². The molecular weight excluding hydrogens is 532 g/mol. The smallest absolute Gasteiger partial charge is 0.432 e. The Morgan fingerprint density at radius 1 is 0.919 bits per heavy atom. The van der Waals surface area contributed by atoms with E-state index in [0.717, 1.165) is 4.57 Å². The van der Waals surface area contributed by atoms with E-state index in [2.05, 4.69) is 5.32 Å². The lowest BCUT2D eigenvalue weighted by Crippen LogP contribution is -2.26. The molecule has 11 heteroatoms. The van der Waals surface area contributed by atoms with Crippen molar-refractivity contribution in [2.45, 2.75) is 12.7 Å². The van der Waals surface area contributed by atoms with Gasteiger partial charge in [0.2, 0.25) is 0 Å². The van der Waals surface area contributed by atoms with E-state index in [1.807, 2.05) is 0 Å². The van der Waals surface area contributed by atoms with Gasteiger partial charge < -0.3 is 19.4 Å². The van der Waals surface area contributed by atoms with Crippen LogP contribution in [0.2, 0.25) is 10.0 Å². The maximum atomic E-state index is 14.5. The molecule has 1 N–H and O–H groups in total. The van der Waals surface area contributed by atoms with Crippen molar-refractivity contribution >= 4 is 51.5 Å². The molecule has 0 atom stereocenters. The Morgan fingerprint density at radius 2 is 1.57 bits per heavy atom. The minimum Gasteiger partial charge on any atom is -0.497 e. The highest BCUT2D eigenvalue weighted by Crippen LogP contribution is 2.40. The van der Waals surface area contributed by atoms with Crippen LogP contribution in [0.4, 0.5) is 18.9 Å². The molecule has 0 bridgehead atoms. The van der Waals surface area contributed by atoms with Gasteiger partial charge in [-0.2, -0.15) is 13.2 Å². The fraction of sp³-hybridized carbons (Fsp3) is 0.154. The number of hydrogen-bond acceptors (Lipinski definition) is 4. The molecule has 0 spiro atoms. The summed E-state index contributed by atoms with van der Waals surface area (Å²) in [6, 6.07) is 14.6.